The van der Waals surface area contributed by atoms with Crippen LogP contribution in [0.4, 0.5) is 0 Å². The molecule has 0 saturated carbocycles. The second-order valence-corrected chi connectivity index (χ2v) is 3.96. The van der Waals surface area contributed by atoms with Crippen LogP contribution in [0.3, 0.4) is 0 Å². The normalized spacial score (nSPS) is 30.3. The quantitative estimate of drug-likeness (QED) is 0.697. The highest BCUT2D eigenvalue weighted by atomic mass is 35.5. The van der Waals surface area contributed by atoms with Gasteiger partial charge in [-0.25, -0.2) is 0 Å². The lowest BCUT2D eigenvalue weighted by molar-refractivity contribution is -0.139. The fraction of sp³-hybridized carbons (Fsp3) is 0.778. The smallest absolute Gasteiger partial charge is 0.317 e. The molecule has 0 aromatic carbocycles. The Balaban J connectivity index is 0.00000112. The number of aliphatic carboxylic acids is 1. The van der Waals surface area contributed by atoms with Crippen molar-refractivity contribution < 1.29 is 14.7 Å². The van der Waals surface area contributed by atoms with E-state index in [1.165, 1.54) is 0 Å². The van der Waals surface area contributed by atoms with Gasteiger partial charge in [-0.2, -0.15) is 0 Å². The van der Waals surface area contributed by atoms with Crippen LogP contribution in [0.25, 0.3) is 0 Å². The van der Waals surface area contributed by atoms with Crippen molar-refractivity contribution >= 4 is 24.3 Å². The lowest BCUT2D eigenvalue weighted by Crippen LogP contribution is -2.41. The molecule has 86 valence electrons. The van der Waals surface area contributed by atoms with Gasteiger partial charge < -0.3 is 10.4 Å². The summed E-state index contributed by atoms with van der Waals surface area (Å²) in [6.07, 6.45) is 2.40. The first-order valence-corrected chi connectivity index (χ1v) is 4.91. The molecule has 2 aliphatic rings. The molecule has 0 aromatic heterocycles. The summed E-state index contributed by atoms with van der Waals surface area (Å²) < 4.78 is 0. The largest absolute Gasteiger partial charge is 0.480 e. The van der Waals surface area contributed by atoms with Gasteiger partial charge in [0.1, 0.15) is 0 Å². The number of carbonyl (C=O) groups is 2. The summed E-state index contributed by atoms with van der Waals surface area (Å²) in [5.74, 6) is -0.760. The monoisotopic (exact) mass is 234 g/mol. The van der Waals surface area contributed by atoms with Gasteiger partial charge in [0.2, 0.25) is 5.91 Å². The van der Waals surface area contributed by atoms with E-state index in [0.29, 0.717) is 13.0 Å². The van der Waals surface area contributed by atoms with Gasteiger partial charge in [0, 0.05) is 25.0 Å². The van der Waals surface area contributed by atoms with Crippen molar-refractivity contribution in [1.29, 1.82) is 0 Å². The molecule has 0 spiro atoms. The lowest BCUT2D eigenvalue weighted by atomic mass is 10.1. The number of carboxylic acids is 1. The van der Waals surface area contributed by atoms with Crippen molar-refractivity contribution in [1.82, 2.24) is 10.2 Å². The molecule has 15 heavy (non-hydrogen) atoms. The minimum absolute atomic E-state index is 0. The van der Waals surface area contributed by atoms with Crippen molar-refractivity contribution in [2.45, 2.75) is 31.3 Å². The van der Waals surface area contributed by atoms with Crippen LogP contribution in [0.1, 0.15) is 19.3 Å². The standard InChI is InChI=1S/C9H14N2O3.ClH/c12-8-3-6-1-2-7(4-10-8)11(6)5-9(13)14;/h6-7H,1-5H2,(H,10,12)(H,13,14);1H. The number of rotatable bonds is 2. The first-order valence-electron chi connectivity index (χ1n) is 4.91. The molecule has 2 N–H and O–H groups in total. The van der Waals surface area contributed by atoms with Crippen molar-refractivity contribution in [2.24, 2.45) is 0 Å². The van der Waals surface area contributed by atoms with E-state index in [-0.39, 0.29) is 36.9 Å². The molecule has 2 fully saturated rings. The highest BCUT2D eigenvalue weighted by molar-refractivity contribution is 5.85. The number of halogens is 1. The van der Waals surface area contributed by atoms with Gasteiger partial charge in [0.25, 0.3) is 0 Å². The van der Waals surface area contributed by atoms with Crippen LogP contribution in [-0.4, -0.2) is 47.1 Å². The minimum Gasteiger partial charge on any atom is -0.480 e. The molecule has 6 heteroatoms. The van der Waals surface area contributed by atoms with E-state index in [1.807, 2.05) is 4.90 Å². The van der Waals surface area contributed by atoms with Crippen molar-refractivity contribution in [3.8, 4) is 0 Å². The molecule has 1 amide bonds. The van der Waals surface area contributed by atoms with Crippen LogP contribution in [-0.2, 0) is 9.59 Å². The number of nitrogens with one attached hydrogen (secondary N) is 1. The Morgan fingerprint density at radius 3 is 2.80 bits per heavy atom. The van der Waals surface area contributed by atoms with Gasteiger partial charge in [-0.3, -0.25) is 14.5 Å². The van der Waals surface area contributed by atoms with Gasteiger partial charge in [-0.05, 0) is 12.8 Å². The fourth-order valence-corrected chi connectivity index (χ4v) is 2.39. The predicted octanol–water partition coefficient (Wildman–Crippen LogP) is -0.154. The second kappa shape index (κ2) is 4.81. The average Bonchev–Trinajstić information content (AvgIpc) is 2.35. The molecule has 2 rings (SSSR count). The van der Waals surface area contributed by atoms with E-state index < -0.39 is 5.97 Å². The molecule has 2 heterocycles. The molecule has 0 radical (unpaired) electrons. The molecule has 2 bridgehead atoms. The highest BCUT2D eigenvalue weighted by Crippen LogP contribution is 2.27. The summed E-state index contributed by atoms with van der Waals surface area (Å²) in [7, 11) is 0. The van der Waals surface area contributed by atoms with E-state index in [1.54, 1.807) is 0 Å². The SMILES string of the molecule is Cl.O=C(O)CN1C2CCC1CC(=O)NC2. The number of hydrogen-bond donors (Lipinski definition) is 2. The Kier molecular flexibility index (Phi) is 3.93. The van der Waals surface area contributed by atoms with Crippen LogP contribution in [0, 0.1) is 0 Å². The van der Waals surface area contributed by atoms with Crippen molar-refractivity contribution in [2.75, 3.05) is 13.1 Å². The Morgan fingerprint density at radius 1 is 1.47 bits per heavy atom. The number of amides is 1. The summed E-state index contributed by atoms with van der Waals surface area (Å²) >= 11 is 0. The van der Waals surface area contributed by atoms with Crippen molar-refractivity contribution in [3.63, 3.8) is 0 Å². The molecular formula is C9H15ClN2O3. The van der Waals surface area contributed by atoms with Crippen molar-refractivity contribution in [3.05, 3.63) is 0 Å². The van der Waals surface area contributed by atoms with Crippen LogP contribution >= 0.6 is 12.4 Å². The predicted molar refractivity (Wildman–Crippen MR) is 56.0 cm³/mol. The summed E-state index contributed by atoms with van der Waals surface area (Å²) in [5, 5.41) is 11.5. The number of carboxylic acid groups (broad SMARTS) is 1. The molecule has 2 atom stereocenters. The Bertz CT molecular complexity index is 272. The molecular weight excluding hydrogens is 220 g/mol. The topological polar surface area (TPSA) is 69.6 Å². The third-order valence-electron chi connectivity index (χ3n) is 3.04. The van der Waals surface area contributed by atoms with Gasteiger partial charge in [0.05, 0.1) is 6.54 Å². The van der Waals surface area contributed by atoms with Gasteiger partial charge in [-0.1, -0.05) is 0 Å². The Hall–Kier alpha value is -0.810. The third kappa shape index (κ3) is 2.60. The third-order valence-corrected chi connectivity index (χ3v) is 3.04. The molecule has 0 aromatic rings. The maximum Gasteiger partial charge on any atom is 0.317 e. The van der Waals surface area contributed by atoms with E-state index in [0.717, 1.165) is 12.8 Å². The van der Waals surface area contributed by atoms with Gasteiger partial charge >= 0.3 is 5.97 Å². The molecule has 0 aliphatic carbocycles. The van der Waals surface area contributed by atoms with E-state index >= 15 is 0 Å². The van der Waals surface area contributed by atoms with E-state index in [4.69, 9.17) is 5.11 Å². The van der Waals surface area contributed by atoms with Crippen LogP contribution in [0.15, 0.2) is 0 Å². The summed E-state index contributed by atoms with van der Waals surface area (Å²) in [4.78, 5) is 23.8. The fourth-order valence-electron chi connectivity index (χ4n) is 2.39. The molecule has 5 nitrogen and oxygen atoms in total. The molecule has 2 aliphatic heterocycles. The van der Waals surface area contributed by atoms with Crippen LogP contribution < -0.4 is 5.32 Å². The maximum atomic E-state index is 11.2. The zero-order valence-corrected chi connectivity index (χ0v) is 9.13. The minimum atomic E-state index is -0.809. The first kappa shape index (κ1) is 12.3. The Morgan fingerprint density at radius 2 is 2.13 bits per heavy atom. The van der Waals surface area contributed by atoms with Gasteiger partial charge in [-0.15, -0.1) is 12.4 Å². The second-order valence-electron chi connectivity index (χ2n) is 3.96. The molecule has 2 unspecified atom stereocenters. The number of nitrogens with zero attached hydrogens (tertiary/aromatic N) is 1. The summed E-state index contributed by atoms with van der Waals surface area (Å²) in [5.41, 5.74) is 0. The molecule has 2 saturated heterocycles. The zero-order valence-electron chi connectivity index (χ0n) is 8.31. The summed E-state index contributed by atoms with van der Waals surface area (Å²) in [6.45, 7) is 0.660. The first-order chi connectivity index (χ1) is 6.66. The number of fused-ring (bicyclic) bond motifs is 2. The maximum absolute atomic E-state index is 11.2. The number of hydrogen-bond acceptors (Lipinski definition) is 3. The van der Waals surface area contributed by atoms with Crippen LogP contribution in [0.2, 0.25) is 0 Å². The Labute approximate surface area is 94.2 Å². The van der Waals surface area contributed by atoms with E-state index in [9.17, 15) is 9.59 Å². The van der Waals surface area contributed by atoms with E-state index in [2.05, 4.69) is 5.32 Å². The van der Waals surface area contributed by atoms with Gasteiger partial charge in [0.15, 0.2) is 0 Å². The summed E-state index contributed by atoms with van der Waals surface area (Å²) in [6, 6.07) is 0.362. The lowest BCUT2D eigenvalue weighted by Gasteiger charge is -2.24. The highest BCUT2D eigenvalue weighted by Gasteiger charge is 2.37. The number of carbonyl (C=O) groups excluding carboxylic acids is 1. The van der Waals surface area contributed by atoms with Crippen LogP contribution in [0.5, 0.6) is 0 Å². The average molecular weight is 235 g/mol. The zero-order chi connectivity index (χ0) is 10.1.